The highest BCUT2D eigenvalue weighted by Crippen LogP contribution is 2.30. The molecule has 2 aromatic carbocycles. The number of anilines is 1. The fourth-order valence-corrected chi connectivity index (χ4v) is 3.22. The second-order valence-corrected chi connectivity index (χ2v) is 6.25. The number of benzene rings is 2. The number of hydrogen-bond donors (Lipinski definition) is 1. The SMILES string of the molecule is CC(c1ccccc1)N1C(=O)CN(c2ccc(-c3cn[nH]c3)cc2)C1=O. The van der Waals surface area contributed by atoms with E-state index in [0.29, 0.717) is 5.69 Å². The summed E-state index contributed by atoms with van der Waals surface area (Å²) in [5, 5.41) is 6.72. The lowest BCUT2D eigenvalue weighted by Gasteiger charge is -2.23. The average molecular weight is 346 g/mol. The number of aromatic amines is 1. The molecule has 3 amide bonds. The first kappa shape index (κ1) is 16.1. The Morgan fingerprint density at radius 2 is 1.73 bits per heavy atom. The van der Waals surface area contributed by atoms with Gasteiger partial charge < -0.3 is 0 Å². The van der Waals surface area contributed by atoms with Crippen LogP contribution in [0.4, 0.5) is 10.5 Å². The van der Waals surface area contributed by atoms with Crippen LogP contribution in [0, 0.1) is 0 Å². The molecule has 0 aliphatic carbocycles. The van der Waals surface area contributed by atoms with Gasteiger partial charge in [0, 0.05) is 17.4 Å². The number of carbonyl (C=O) groups is 2. The van der Waals surface area contributed by atoms with Crippen molar-refractivity contribution in [3.63, 3.8) is 0 Å². The van der Waals surface area contributed by atoms with Gasteiger partial charge >= 0.3 is 6.03 Å². The largest absolute Gasteiger partial charge is 0.332 e. The monoisotopic (exact) mass is 346 g/mol. The molecular weight excluding hydrogens is 328 g/mol. The van der Waals surface area contributed by atoms with Gasteiger partial charge in [0.25, 0.3) is 5.91 Å². The summed E-state index contributed by atoms with van der Waals surface area (Å²) in [5.74, 6) is -0.190. The van der Waals surface area contributed by atoms with E-state index in [4.69, 9.17) is 0 Å². The average Bonchev–Trinajstić information content (AvgIpc) is 3.31. The van der Waals surface area contributed by atoms with Crippen LogP contribution in [0.5, 0.6) is 0 Å². The number of nitrogens with one attached hydrogen (secondary N) is 1. The predicted molar refractivity (Wildman–Crippen MR) is 98.5 cm³/mol. The first-order valence-corrected chi connectivity index (χ1v) is 8.43. The van der Waals surface area contributed by atoms with Crippen LogP contribution < -0.4 is 4.90 Å². The van der Waals surface area contributed by atoms with Gasteiger partial charge in [0.05, 0.1) is 12.2 Å². The topological polar surface area (TPSA) is 69.3 Å². The number of aromatic nitrogens is 2. The minimum Gasteiger partial charge on any atom is -0.285 e. The third kappa shape index (κ3) is 2.75. The number of hydrogen-bond acceptors (Lipinski definition) is 3. The van der Waals surface area contributed by atoms with Crippen LogP contribution in [0.3, 0.4) is 0 Å². The number of nitrogens with zero attached hydrogens (tertiary/aromatic N) is 3. The molecule has 1 N–H and O–H groups in total. The number of amides is 3. The summed E-state index contributed by atoms with van der Waals surface area (Å²) >= 11 is 0. The molecule has 1 fully saturated rings. The van der Waals surface area contributed by atoms with Crippen molar-refractivity contribution in [3.8, 4) is 11.1 Å². The van der Waals surface area contributed by atoms with Crippen LogP contribution in [-0.2, 0) is 4.79 Å². The molecule has 0 saturated carbocycles. The van der Waals surface area contributed by atoms with Crippen LogP contribution in [0.15, 0.2) is 67.0 Å². The van der Waals surface area contributed by atoms with Crippen molar-refractivity contribution in [1.29, 1.82) is 0 Å². The second kappa shape index (κ2) is 6.48. The quantitative estimate of drug-likeness (QED) is 0.734. The Hall–Kier alpha value is -3.41. The zero-order chi connectivity index (χ0) is 18.1. The fourth-order valence-electron chi connectivity index (χ4n) is 3.22. The molecule has 1 unspecified atom stereocenters. The van der Waals surface area contributed by atoms with E-state index < -0.39 is 0 Å². The Morgan fingerprint density at radius 3 is 2.38 bits per heavy atom. The van der Waals surface area contributed by atoms with E-state index in [-0.39, 0.29) is 24.5 Å². The van der Waals surface area contributed by atoms with Gasteiger partial charge in [-0.2, -0.15) is 5.10 Å². The predicted octanol–water partition coefficient (Wildman–Crippen LogP) is 3.61. The number of imide groups is 1. The molecule has 3 aromatic rings. The Morgan fingerprint density at radius 1 is 1.00 bits per heavy atom. The van der Waals surface area contributed by atoms with Crippen molar-refractivity contribution in [2.45, 2.75) is 13.0 Å². The van der Waals surface area contributed by atoms with Crippen molar-refractivity contribution in [2.24, 2.45) is 0 Å². The molecule has 2 heterocycles. The Kier molecular flexibility index (Phi) is 4.01. The third-order valence-corrected chi connectivity index (χ3v) is 4.68. The lowest BCUT2D eigenvalue weighted by Crippen LogP contribution is -2.35. The molecule has 0 bridgehead atoms. The third-order valence-electron chi connectivity index (χ3n) is 4.68. The van der Waals surface area contributed by atoms with Crippen LogP contribution >= 0.6 is 0 Å². The van der Waals surface area contributed by atoms with Crippen LogP contribution in [0.1, 0.15) is 18.5 Å². The van der Waals surface area contributed by atoms with E-state index in [1.807, 2.05) is 67.7 Å². The van der Waals surface area contributed by atoms with E-state index in [2.05, 4.69) is 10.2 Å². The van der Waals surface area contributed by atoms with Crippen molar-refractivity contribution < 1.29 is 9.59 Å². The normalized spacial score (nSPS) is 15.6. The van der Waals surface area contributed by atoms with Crippen LogP contribution in [0.2, 0.25) is 0 Å². The van der Waals surface area contributed by atoms with Gasteiger partial charge in [-0.25, -0.2) is 4.79 Å². The van der Waals surface area contributed by atoms with Gasteiger partial charge in [0.1, 0.15) is 6.54 Å². The molecule has 1 aliphatic rings. The Bertz CT molecular complexity index is 920. The minimum atomic E-state index is -0.300. The second-order valence-electron chi connectivity index (χ2n) is 6.25. The lowest BCUT2D eigenvalue weighted by atomic mass is 10.1. The summed E-state index contributed by atoms with van der Waals surface area (Å²) in [4.78, 5) is 28.2. The summed E-state index contributed by atoms with van der Waals surface area (Å²) in [5.41, 5.74) is 3.61. The van der Waals surface area contributed by atoms with Gasteiger partial charge in [-0.15, -0.1) is 0 Å². The first-order valence-electron chi connectivity index (χ1n) is 8.43. The maximum atomic E-state index is 12.9. The highest BCUT2D eigenvalue weighted by Gasteiger charge is 2.40. The maximum absolute atomic E-state index is 12.9. The zero-order valence-corrected chi connectivity index (χ0v) is 14.3. The lowest BCUT2D eigenvalue weighted by molar-refractivity contribution is -0.126. The van der Waals surface area contributed by atoms with Gasteiger partial charge in [-0.1, -0.05) is 42.5 Å². The van der Waals surface area contributed by atoms with E-state index >= 15 is 0 Å². The summed E-state index contributed by atoms with van der Waals surface area (Å²) in [6.45, 7) is 1.93. The molecule has 1 atom stereocenters. The molecule has 6 nitrogen and oxygen atoms in total. The van der Waals surface area contributed by atoms with Gasteiger partial charge in [0.2, 0.25) is 0 Å². The molecular formula is C20H18N4O2. The van der Waals surface area contributed by atoms with Gasteiger partial charge in [-0.05, 0) is 30.2 Å². The first-order chi connectivity index (χ1) is 12.6. The molecule has 1 saturated heterocycles. The van der Waals surface area contributed by atoms with E-state index in [1.165, 1.54) is 9.80 Å². The van der Waals surface area contributed by atoms with E-state index in [9.17, 15) is 9.59 Å². The molecule has 130 valence electrons. The Balaban J connectivity index is 1.57. The molecule has 26 heavy (non-hydrogen) atoms. The van der Waals surface area contributed by atoms with Crippen LogP contribution in [-0.4, -0.2) is 33.6 Å². The van der Waals surface area contributed by atoms with Crippen molar-refractivity contribution in [2.75, 3.05) is 11.4 Å². The van der Waals surface area contributed by atoms with Gasteiger partial charge in [0.15, 0.2) is 0 Å². The molecule has 0 radical (unpaired) electrons. The number of H-pyrrole nitrogens is 1. The fraction of sp³-hybridized carbons (Fsp3) is 0.150. The van der Waals surface area contributed by atoms with Crippen LogP contribution in [0.25, 0.3) is 11.1 Å². The standard InChI is InChI=1S/C20H18N4O2/c1-14(15-5-3-2-4-6-15)24-19(25)13-23(20(24)26)18-9-7-16(8-10-18)17-11-21-22-12-17/h2-12,14H,13H2,1H3,(H,21,22). The molecule has 1 aromatic heterocycles. The highest BCUT2D eigenvalue weighted by molar-refractivity contribution is 6.12. The smallest absolute Gasteiger partial charge is 0.285 e. The molecule has 4 rings (SSSR count). The molecule has 1 aliphatic heterocycles. The molecule has 0 spiro atoms. The van der Waals surface area contributed by atoms with Crippen molar-refractivity contribution in [1.82, 2.24) is 15.1 Å². The number of urea groups is 1. The van der Waals surface area contributed by atoms with Crippen molar-refractivity contribution >= 4 is 17.6 Å². The van der Waals surface area contributed by atoms with E-state index in [0.717, 1.165) is 16.7 Å². The summed E-state index contributed by atoms with van der Waals surface area (Å²) < 4.78 is 0. The van der Waals surface area contributed by atoms with Crippen molar-refractivity contribution in [3.05, 3.63) is 72.6 Å². The molecule has 6 heteroatoms. The highest BCUT2D eigenvalue weighted by atomic mass is 16.2. The minimum absolute atomic E-state index is 0.0566. The number of carbonyl (C=O) groups excluding carboxylic acids is 2. The zero-order valence-electron chi connectivity index (χ0n) is 14.3. The summed E-state index contributed by atoms with van der Waals surface area (Å²) in [7, 11) is 0. The summed E-state index contributed by atoms with van der Waals surface area (Å²) in [6, 6.07) is 16.5. The Labute approximate surface area is 151 Å². The summed E-state index contributed by atoms with van der Waals surface area (Å²) in [6.07, 6.45) is 3.55. The van der Waals surface area contributed by atoms with Gasteiger partial charge in [-0.3, -0.25) is 19.7 Å². The maximum Gasteiger partial charge on any atom is 0.332 e. The van der Waals surface area contributed by atoms with E-state index in [1.54, 1.807) is 6.20 Å². The number of rotatable bonds is 4.